The number of hydrogen-bond acceptors (Lipinski definition) is 3. The Morgan fingerprint density at radius 3 is 3.00 bits per heavy atom. The second kappa shape index (κ2) is 6.62. The van der Waals surface area contributed by atoms with Gasteiger partial charge in [-0.15, -0.1) is 0 Å². The van der Waals surface area contributed by atoms with E-state index >= 15 is 0 Å². The molecule has 0 radical (unpaired) electrons. The fourth-order valence-corrected chi connectivity index (χ4v) is 1.78. The molecule has 16 heavy (non-hydrogen) atoms. The van der Waals surface area contributed by atoms with Crippen molar-refractivity contribution in [3.8, 4) is 0 Å². The van der Waals surface area contributed by atoms with Gasteiger partial charge in [-0.05, 0) is 19.8 Å². The van der Waals surface area contributed by atoms with E-state index in [4.69, 9.17) is 4.74 Å². The fraction of sp³-hybridized carbons (Fsp3) is 0.900. The first kappa shape index (κ1) is 13.2. The molecule has 0 aromatic carbocycles. The topological polar surface area (TPSA) is 41.6 Å². The summed E-state index contributed by atoms with van der Waals surface area (Å²) in [6.45, 7) is 2.86. The molecule has 6 heteroatoms. The third kappa shape index (κ3) is 4.30. The van der Waals surface area contributed by atoms with Gasteiger partial charge in [-0.1, -0.05) is 0 Å². The third-order valence-corrected chi connectivity index (χ3v) is 2.51. The molecular formula is C10H18F2N2O2. The molecule has 1 saturated heterocycles. The SMILES string of the molecule is CCOC(=O)N1CCCC(NCC(F)F)C1. The van der Waals surface area contributed by atoms with Crippen molar-refractivity contribution < 1.29 is 18.3 Å². The minimum atomic E-state index is -2.35. The first-order valence-electron chi connectivity index (χ1n) is 5.56. The maximum absolute atomic E-state index is 12.0. The van der Waals surface area contributed by atoms with E-state index in [0.29, 0.717) is 19.7 Å². The van der Waals surface area contributed by atoms with Crippen molar-refractivity contribution in [1.82, 2.24) is 10.2 Å². The lowest BCUT2D eigenvalue weighted by Crippen LogP contribution is -2.49. The molecule has 1 fully saturated rings. The van der Waals surface area contributed by atoms with Crippen molar-refractivity contribution in [3.05, 3.63) is 0 Å². The normalized spacial score (nSPS) is 21.2. The number of nitrogens with zero attached hydrogens (tertiary/aromatic N) is 1. The molecule has 1 aliphatic rings. The number of ether oxygens (including phenoxy) is 1. The summed E-state index contributed by atoms with van der Waals surface area (Å²) in [5.41, 5.74) is 0. The zero-order valence-corrected chi connectivity index (χ0v) is 9.42. The molecule has 0 saturated carbocycles. The highest BCUT2D eigenvalue weighted by molar-refractivity contribution is 5.67. The number of carbonyl (C=O) groups excluding carboxylic acids is 1. The number of alkyl halides is 2. The summed E-state index contributed by atoms with van der Waals surface area (Å²) in [4.78, 5) is 13.0. The second-order valence-electron chi connectivity index (χ2n) is 3.78. The van der Waals surface area contributed by atoms with Crippen LogP contribution in [0.3, 0.4) is 0 Å². The number of amides is 1. The third-order valence-electron chi connectivity index (χ3n) is 2.51. The number of piperidine rings is 1. The monoisotopic (exact) mass is 236 g/mol. The van der Waals surface area contributed by atoms with E-state index in [2.05, 4.69) is 5.32 Å². The first-order chi connectivity index (χ1) is 7.63. The van der Waals surface area contributed by atoms with Gasteiger partial charge in [0.2, 0.25) is 0 Å². The molecule has 1 amide bonds. The number of hydrogen-bond donors (Lipinski definition) is 1. The van der Waals surface area contributed by atoms with E-state index in [1.807, 2.05) is 0 Å². The Hall–Kier alpha value is -0.910. The summed E-state index contributed by atoms with van der Waals surface area (Å²) >= 11 is 0. The fourth-order valence-electron chi connectivity index (χ4n) is 1.78. The standard InChI is InChI=1S/C10H18F2N2O2/c1-2-16-10(15)14-5-3-4-8(7-14)13-6-9(11)12/h8-9,13H,2-7H2,1H3. The van der Waals surface area contributed by atoms with E-state index in [0.717, 1.165) is 12.8 Å². The number of rotatable bonds is 4. The van der Waals surface area contributed by atoms with Gasteiger partial charge in [0.1, 0.15) is 0 Å². The summed E-state index contributed by atoms with van der Waals surface area (Å²) in [5.74, 6) is 0. The summed E-state index contributed by atoms with van der Waals surface area (Å²) < 4.78 is 28.9. The number of halogens is 2. The van der Waals surface area contributed by atoms with E-state index in [1.165, 1.54) is 0 Å². The Morgan fingerprint density at radius 2 is 2.38 bits per heavy atom. The predicted octanol–water partition coefficient (Wildman–Crippen LogP) is 1.46. The summed E-state index contributed by atoms with van der Waals surface area (Å²) in [6, 6.07) is -0.0489. The molecule has 0 aromatic rings. The molecule has 0 aliphatic carbocycles. The van der Waals surface area contributed by atoms with Crippen molar-refractivity contribution >= 4 is 6.09 Å². The lowest BCUT2D eigenvalue weighted by atomic mass is 10.1. The van der Waals surface area contributed by atoms with Gasteiger partial charge < -0.3 is 15.0 Å². The van der Waals surface area contributed by atoms with Gasteiger partial charge in [0.05, 0.1) is 13.2 Å². The van der Waals surface area contributed by atoms with E-state index in [-0.39, 0.29) is 18.7 Å². The van der Waals surface area contributed by atoms with Gasteiger partial charge in [0, 0.05) is 19.1 Å². The van der Waals surface area contributed by atoms with E-state index in [1.54, 1.807) is 11.8 Å². The van der Waals surface area contributed by atoms with Crippen LogP contribution in [0.2, 0.25) is 0 Å². The molecule has 1 aliphatic heterocycles. The summed E-state index contributed by atoms with van der Waals surface area (Å²) in [6.07, 6.45) is -1.06. The first-order valence-corrected chi connectivity index (χ1v) is 5.56. The highest BCUT2D eigenvalue weighted by atomic mass is 19.3. The Bertz CT molecular complexity index is 227. The molecule has 0 bridgehead atoms. The van der Waals surface area contributed by atoms with E-state index < -0.39 is 6.43 Å². The van der Waals surface area contributed by atoms with Crippen LogP contribution in [0, 0.1) is 0 Å². The largest absolute Gasteiger partial charge is 0.450 e. The Labute approximate surface area is 93.9 Å². The quantitative estimate of drug-likeness (QED) is 0.803. The van der Waals surface area contributed by atoms with Crippen LogP contribution in [0.4, 0.5) is 13.6 Å². The molecule has 1 N–H and O–H groups in total. The van der Waals surface area contributed by atoms with Crippen LogP contribution in [0.15, 0.2) is 0 Å². The molecule has 94 valence electrons. The highest BCUT2D eigenvalue weighted by Crippen LogP contribution is 2.11. The average molecular weight is 236 g/mol. The van der Waals surface area contributed by atoms with Crippen molar-refractivity contribution in [1.29, 1.82) is 0 Å². The molecular weight excluding hydrogens is 218 g/mol. The molecule has 1 heterocycles. The maximum atomic E-state index is 12.0. The van der Waals surface area contributed by atoms with Gasteiger partial charge >= 0.3 is 6.09 Å². The van der Waals surface area contributed by atoms with E-state index in [9.17, 15) is 13.6 Å². The molecule has 1 rings (SSSR count). The van der Waals surface area contributed by atoms with Gasteiger partial charge in [-0.3, -0.25) is 0 Å². The Kier molecular flexibility index (Phi) is 5.45. The molecule has 0 aromatic heterocycles. The van der Waals surface area contributed by atoms with Gasteiger partial charge in [-0.2, -0.15) is 0 Å². The lowest BCUT2D eigenvalue weighted by molar-refractivity contribution is 0.0882. The average Bonchev–Trinajstić information content (AvgIpc) is 2.27. The van der Waals surface area contributed by atoms with Crippen LogP contribution in [-0.2, 0) is 4.74 Å². The molecule has 0 spiro atoms. The van der Waals surface area contributed by atoms with Crippen molar-refractivity contribution in [3.63, 3.8) is 0 Å². The molecule has 1 atom stereocenters. The van der Waals surface area contributed by atoms with Crippen LogP contribution in [0.25, 0.3) is 0 Å². The van der Waals surface area contributed by atoms with Crippen molar-refractivity contribution in [2.45, 2.75) is 32.2 Å². The summed E-state index contributed by atoms with van der Waals surface area (Å²) in [7, 11) is 0. The van der Waals surface area contributed by atoms with Gasteiger partial charge in [-0.25, -0.2) is 13.6 Å². The zero-order chi connectivity index (χ0) is 12.0. The van der Waals surface area contributed by atoms with Crippen LogP contribution >= 0.6 is 0 Å². The Morgan fingerprint density at radius 1 is 1.62 bits per heavy atom. The van der Waals surface area contributed by atoms with Crippen LogP contribution in [0.1, 0.15) is 19.8 Å². The number of nitrogens with one attached hydrogen (secondary N) is 1. The number of likely N-dealkylation sites (tertiary alicyclic amines) is 1. The van der Waals surface area contributed by atoms with Crippen molar-refractivity contribution in [2.75, 3.05) is 26.2 Å². The van der Waals surface area contributed by atoms with Crippen LogP contribution in [0.5, 0.6) is 0 Å². The zero-order valence-electron chi connectivity index (χ0n) is 9.42. The van der Waals surface area contributed by atoms with Crippen molar-refractivity contribution in [2.24, 2.45) is 0 Å². The smallest absolute Gasteiger partial charge is 0.409 e. The molecule has 1 unspecified atom stereocenters. The van der Waals surface area contributed by atoms with Gasteiger partial charge in [0.15, 0.2) is 0 Å². The second-order valence-corrected chi connectivity index (χ2v) is 3.78. The van der Waals surface area contributed by atoms with Crippen LogP contribution < -0.4 is 5.32 Å². The summed E-state index contributed by atoms with van der Waals surface area (Å²) in [5, 5.41) is 2.75. The number of carbonyl (C=O) groups is 1. The molecule has 4 nitrogen and oxygen atoms in total. The minimum absolute atomic E-state index is 0.0489. The predicted molar refractivity (Wildman–Crippen MR) is 55.6 cm³/mol. The lowest BCUT2D eigenvalue weighted by Gasteiger charge is -2.32. The Balaban J connectivity index is 2.32. The van der Waals surface area contributed by atoms with Gasteiger partial charge in [0.25, 0.3) is 6.43 Å². The highest BCUT2D eigenvalue weighted by Gasteiger charge is 2.24. The van der Waals surface area contributed by atoms with Crippen LogP contribution in [-0.4, -0.2) is 49.7 Å². The minimum Gasteiger partial charge on any atom is -0.450 e. The maximum Gasteiger partial charge on any atom is 0.409 e.